The number of anilines is 1. The molecule has 0 radical (unpaired) electrons. The first kappa shape index (κ1) is 17.5. The number of hydrogen-bond donors (Lipinski definition) is 2. The van der Waals surface area contributed by atoms with Crippen LogP contribution < -0.4 is 10.6 Å². The Kier molecular flexibility index (Phi) is 6.59. The Morgan fingerprint density at radius 2 is 1.96 bits per heavy atom. The number of rotatable bonds is 6. The third-order valence-electron chi connectivity index (χ3n) is 4.30. The van der Waals surface area contributed by atoms with Crippen LogP contribution in [-0.4, -0.2) is 42.9 Å². The zero-order valence-corrected chi connectivity index (χ0v) is 14.1. The number of hydrogen-bond acceptors (Lipinski definition) is 3. The molecule has 0 spiro atoms. The van der Waals surface area contributed by atoms with Gasteiger partial charge in [0.05, 0.1) is 0 Å². The van der Waals surface area contributed by atoms with Crippen LogP contribution in [0.15, 0.2) is 24.3 Å². The highest BCUT2D eigenvalue weighted by Crippen LogP contribution is 2.20. The van der Waals surface area contributed by atoms with Gasteiger partial charge >= 0.3 is 0 Å². The van der Waals surface area contributed by atoms with Crippen LogP contribution in [0.2, 0.25) is 0 Å². The molecule has 1 aliphatic heterocycles. The lowest BCUT2D eigenvalue weighted by Crippen LogP contribution is -2.40. The Bertz CT molecular complexity index is 537. The minimum Gasteiger partial charge on any atom is -0.339 e. The molecule has 0 aliphatic carbocycles. The van der Waals surface area contributed by atoms with E-state index in [1.165, 1.54) is 0 Å². The molecule has 0 unspecified atom stereocenters. The van der Waals surface area contributed by atoms with Crippen LogP contribution >= 0.6 is 0 Å². The number of nitrogens with one attached hydrogen (secondary N) is 2. The van der Waals surface area contributed by atoms with Crippen molar-refractivity contribution in [3.8, 4) is 0 Å². The van der Waals surface area contributed by atoms with Crippen molar-refractivity contribution in [1.82, 2.24) is 10.2 Å². The number of piperidine rings is 1. The Hall–Kier alpha value is -1.88. The highest BCUT2D eigenvalue weighted by atomic mass is 16.2. The molecule has 5 nitrogen and oxygen atoms in total. The Morgan fingerprint density at radius 3 is 2.61 bits per heavy atom. The number of benzene rings is 1. The van der Waals surface area contributed by atoms with Gasteiger partial charge in [-0.15, -0.1) is 0 Å². The summed E-state index contributed by atoms with van der Waals surface area (Å²) >= 11 is 0. The summed E-state index contributed by atoms with van der Waals surface area (Å²) < 4.78 is 0. The maximum Gasteiger partial charge on any atom is 0.253 e. The van der Waals surface area contributed by atoms with Gasteiger partial charge in [-0.25, -0.2) is 0 Å². The van der Waals surface area contributed by atoms with Crippen molar-refractivity contribution < 1.29 is 9.59 Å². The van der Waals surface area contributed by atoms with Gasteiger partial charge in [0.1, 0.15) is 0 Å². The number of carbonyl (C=O) groups is 2. The number of amides is 2. The summed E-state index contributed by atoms with van der Waals surface area (Å²) in [6, 6.07) is 7.21. The number of carbonyl (C=O) groups excluding carboxylic acids is 2. The quantitative estimate of drug-likeness (QED) is 0.847. The fourth-order valence-electron chi connectivity index (χ4n) is 2.85. The van der Waals surface area contributed by atoms with Crippen molar-refractivity contribution >= 4 is 17.5 Å². The molecule has 0 aromatic heterocycles. The standard InChI is InChI=1S/C18H27N3O2/c1-3-17(22)20-16-7-5-6-15(12-16)18(23)21-10-8-14(9-11-21)13-19-4-2/h5-7,12,14,19H,3-4,8-11,13H2,1-2H3,(H,20,22). The molecular weight excluding hydrogens is 290 g/mol. The van der Waals surface area contributed by atoms with E-state index >= 15 is 0 Å². The van der Waals surface area contributed by atoms with Gasteiger partial charge < -0.3 is 15.5 Å². The highest BCUT2D eigenvalue weighted by Gasteiger charge is 2.23. The van der Waals surface area contributed by atoms with Crippen molar-refractivity contribution in [1.29, 1.82) is 0 Å². The molecular formula is C18H27N3O2. The molecule has 2 rings (SSSR count). The van der Waals surface area contributed by atoms with E-state index in [2.05, 4.69) is 17.6 Å². The van der Waals surface area contributed by atoms with Crippen LogP contribution in [0.4, 0.5) is 5.69 Å². The van der Waals surface area contributed by atoms with E-state index in [0.29, 0.717) is 23.6 Å². The Labute approximate surface area is 138 Å². The van der Waals surface area contributed by atoms with Gasteiger partial charge in [0.2, 0.25) is 5.91 Å². The van der Waals surface area contributed by atoms with E-state index in [1.807, 2.05) is 30.0 Å². The average molecular weight is 317 g/mol. The summed E-state index contributed by atoms with van der Waals surface area (Å²) in [5.41, 5.74) is 1.33. The average Bonchev–Trinajstić information content (AvgIpc) is 2.60. The molecule has 0 saturated carbocycles. The maximum absolute atomic E-state index is 12.6. The predicted octanol–water partition coefficient (Wildman–Crippen LogP) is 2.50. The minimum atomic E-state index is -0.0427. The number of nitrogens with zero attached hydrogens (tertiary/aromatic N) is 1. The molecule has 126 valence electrons. The minimum absolute atomic E-state index is 0.0427. The van der Waals surface area contributed by atoms with Crippen LogP contribution in [-0.2, 0) is 4.79 Å². The summed E-state index contributed by atoms with van der Waals surface area (Å²) in [5.74, 6) is 0.674. The zero-order chi connectivity index (χ0) is 16.7. The molecule has 5 heteroatoms. The van der Waals surface area contributed by atoms with E-state index in [0.717, 1.165) is 39.0 Å². The molecule has 0 atom stereocenters. The third kappa shape index (κ3) is 5.06. The topological polar surface area (TPSA) is 61.4 Å². The van der Waals surface area contributed by atoms with Crippen LogP contribution in [0.5, 0.6) is 0 Å². The van der Waals surface area contributed by atoms with Crippen molar-refractivity contribution in [3.63, 3.8) is 0 Å². The van der Waals surface area contributed by atoms with Gasteiger partial charge in [0.25, 0.3) is 5.91 Å². The zero-order valence-electron chi connectivity index (χ0n) is 14.1. The summed E-state index contributed by atoms with van der Waals surface area (Å²) in [7, 11) is 0. The third-order valence-corrected chi connectivity index (χ3v) is 4.30. The normalized spacial score (nSPS) is 15.5. The molecule has 1 aromatic carbocycles. The van der Waals surface area contributed by atoms with Gasteiger partial charge in [0.15, 0.2) is 0 Å². The van der Waals surface area contributed by atoms with Crippen LogP contribution in [0, 0.1) is 5.92 Å². The second-order valence-corrected chi connectivity index (χ2v) is 6.03. The van der Waals surface area contributed by atoms with Crippen molar-refractivity contribution in [2.75, 3.05) is 31.5 Å². The molecule has 1 saturated heterocycles. The second-order valence-electron chi connectivity index (χ2n) is 6.03. The molecule has 1 heterocycles. The van der Waals surface area contributed by atoms with Crippen molar-refractivity contribution in [2.24, 2.45) is 5.92 Å². The van der Waals surface area contributed by atoms with Crippen LogP contribution in [0.1, 0.15) is 43.5 Å². The van der Waals surface area contributed by atoms with Crippen LogP contribution in [0.3, 0.4) is 0 Å². The highest BCUT2D eigenvalue weighted by molar-refractivity contribution is 5.97. The lowest BCUT2D eigenvalue weighted by molar-refractivity contribution is -0.115. The summed E-state index contributed by atoms with van der Waals surface area (Å²) in [4.78, 5) is 26.0. The first-order valence-electron chi connectivity index (χ1n) is 8.54. The fraction of sp³-hybridized carbons (Fsp3) is 0.556. The smallest absolute Gasteiger partial charge is 0.253 e. The maximum atomic E-state index is 12.6. The van der Waals surface area contributed by atoms with E-state index in [1.54, 1.807) is 6.07 Å². The largest absolute Gasteiger partial charge is 0.339 e. The number of likely N-dealkylation sites (tertiary alicyclic amines) is 1. The predicted molar refractivity (Wildman–Crippen MR) is 92.5 cm³/mol. The Morgan fingerprint density at radius 1 is 1.22 bits per heavy atom. The molecule has 1 aliphatic rings. The van der Waals surface area contributed by atoms with Crippen LogP contribution in [0.25, 0.3) is 0 Å². The van der Waals surface area contributed by atoms with Gasteiger partial charge in [-0.2, -0.15) is 0 Å². The lowest BCUT2D eigenvalue weighted by atomic mass is 9.96. The molecule has 2 N–H and O–H groups in total. The second kappa shape index (κ2) is 8.67. The summed E-state index contributed by atoms with van der Waals surface area (Å²) in [6.45, 7) is 7.57. The van der Waals surface area contributed by atoms with E-state index in [9.17, 15) is 9.59 Å². The molecule has 1 fully saturated rings. The monoisotopic (exact) mass is 317 g/mol. The van der Waals surface area contributed by atoms with E-state index in [4.69, 9.17) is 0 Å². The van der Waals surface area contributed by atoms with E-state index in [-0.39, 0.29) is 11.8 Å². The lowest BCUT2D eigenvalue weighted by Gasteiger charge is -2.32. The Balaban J connectivity index is 1.93. The van der Waals surface area contributed by atoms with Gasteiger partial charge in [-0.3, -0.25) is 9.59 Å². The first-order chi connectivity index (χ1) is 11.1. The van der Waals surface area contributed by atoms with Gasteiger partial charge in [-0.05, 0) is 50.0 Å². The van der Waals surface area contributed by atoms with Crippen molar-refractivity contribution in [3.05, 3.63) is 29.8 Å². The summed E-state index contributed by atoms with van der Waals surface area (Å²) in [6.07, 6.45) is 2.52. The molecule has 23 heavy (non-hydrogen) atoms. The fourth-order valence-corrected chi connectivity index (χ4v) is 2.85. The van der Waals surface area contributed by atoms with E-state index < -0.39 is 0 Å². The first-order valence-corrected chi connectivity index (χ1v) is 8.54. The molecule has 1 aromatic rings. The molecule has 2 amide bonds. The van der Waals surface area contributed by atoms with Gasteiger partial charge in [-0.1, -0.05) is 19.9 Å². The SMILES string of the molecule is CCNCC1CCN(C(=O)c2cccc(NC(=O)CC)c2)CC1. The summed E-state index contributed by atoms with van der Waals surface area (Å²) in [5, 5.41) is 6.18. The van der Waals surface area contributed by atoms with Gasteiger partial charge in [0, 0.05) is 30.8 Å². The van der Waals surface area contributed by atoms with Crippen molar-refractivity contribution in [2.45, 2.75) is 33.1 Å². The molecule has 0 bridgehead atoms.